The number of benzene rings is 1. The molecule has 1 aromatic heterocycles. The maximum Gasteiger partial charge on any atom is 0.244 e. The summed E-state index contributed by atoms with van der Waals surface area (Å²) in [5, 5.41) is 9.07. The van der Waals surface area contributed by atoms with Crippen LogP contribution in [-0.4, -0.2) is 24.9 Å². The Morgan fingerprint density at radius 2 is 2.05 bits per heavy atom. The second-order valence-electron chi connectivity index (χ2n) is 4.39. The predicted octanol–water partition coefficient (Wildman–Crippen LogP) is 3.48. The maximum absolute atomic E-state index is 12.6. The van der Waals surface area contributed by atoms with Crippen LogP contribution in [0, 0.1) is 0 Å². The van der Waals surface area contributed by atoms with Gasteiger partial charge in [0, 0.05) is 22.9 Å². The molecule has 0 aliphatic rings. The van der Waals surface area contributed by atoms with Crippen molar-refractivity contribution in [2.24, 2.45) is 0 Å². The fourth-order valence-electron chi connectivity index (χ4n) is 1.76. The number of aliphatic hydroxyl groups is 1. The van der Waals surface area contributed by atoms with Crippen LogP contribution in [-0.2, 0) is 23.2 Å². The highest BCUT2D eigenvalue weighted by Crippen LogP contribution is 2.28. The van der Waals surface area contributed by atoms with Crippen LogP contribution in [0.3, 0.4) is 0 Å². The van der Waals surface area contributed by atoms with Gasteiger partial charge in [0.05, 0.1) is 15.8 Å². The Morgan fingerprint density at radius 1 is 1.33 bits per heavy atom. The molecule has 0 aliphatic heterocycles. The Kier molecular flexibility index (Phi) is 5.45. The number of aliphatic hydroxyl groups excluding tert-OH is 1. The summed E-state index contributed by atoms with van der Waals surface area (Å²) in [6, 6.07) is 8.23. The van der Waals surface area contributed by atoms with Crippen molar-refractivity contribution in [3.63, 3.8) is 0 Å². The van der Waals surface area contributed by atoms with Gasteiger partial charge in [-0.05, 0) is 45.8 Å². The molecule has 0 fully saturated rings. The standard InChI is InChI=1S/C13H13BrClNO3S2/c1-16(7-10-3-5-13(15)20-10)21(18,19)12-4-2-9(8-17)6-11(12)14/h2-6,17H,7-8H2,1H3. The van der Waals surface area contributed by atoms with E-state index in [1.165, 1.54) is 28.8 Å². The van der Waals surface area contributed by atoms with Crippen LogP contribution in [0.4, 0.5) is 0 Å². The third-order valence-electron chi connectivity index (χ3n) is 2.87. The van der Waals surface area contributed by atoms with Crippen LogP contribution in [0.15, 0.2) is 39.7 Å². The van der Waals surface area contributed by atoms with Crippen LogP contribution >= 0.6 is 38.9 Å². The largest absolute Gasteiger partial charge is 0.392 e. The molecule has 1 aromatic carbocycles. The van der Waals surface area contributed by atoms with E-state index in [9.17, 15) is 8.42 Å². The molecular formula is C13H13BrClNO3S2. The van der Waals surface area contributed by atoms with E-state index in [1.807, 2.05) is 6.07 Å². The molecule has 1 heterocycles. The van der Waals surface area contributed by atoms with Crippen molar-refractivity contribution in [2.45, 2.75) is 18.0 Å². The van der Waals surface area contributed by atoms with Gasteiger partial charge in [-0.1, -0.05) is 17.7 Å². The monoisotopic (exact) mass is 409 g/mol. The van der Waals surface area contributed by atoms with Gasteiger partial charge >= 0.3 is 0 Å². The molecule has 1 N–H and O–H groups in total. The van der Waals surface area contributed by atoms with E-state index in [2.05, 4.69) is 15.9 Å². The topological polar surface area (TPSA) is 57.6 Å². The van der Waals surface area contributed by atoms with Crippen molar-refractivity contribution in [3.05, 3.63) is 49.6 Å². The van der Waals surface area contributed by atoms with E-state index >= 15 is 0 Å². The number of rotatable bonds is 5. The molecule has 0 unspecified atom stereocenters. The van der Waals surface area contributed by atoms with Gasteiger partial charge in [-0.15, -0.1) is 11.3 Å². The molecule has 21 heavy (non-hydrogen) atoms. The molecule has 0 saturated heterocycles. The lowest BCUT2D eigenvalue weighted by Gasteiger charge is -2.17. The zero-order chi connectivity index (χ0) is 15.6. The Hall–Kier alpha value is -0.440. The average molecular weight is 411 g/mol. The van der Waals surface area contributed by atoms with Crippen LogP contribution < -0.4 is 0 Å². The zero-order valence-corrected chi connectivity index (χ0v) is 15.1. The third kappa shape index (κ3) is 3.85. The molecule has 0 radical (unpaired) electrons. The van der Waals surface area contributed by atoms with Gasteiger partial charge in [-0.3, -0.25) is 0 Å². The lowest BCUT2D eigenvalue weighted by molar-refractivity contribution is 0.281. The molecule has 8 heteroatoms. The second kappa shape index (κ2) is 6.76. The van der Waals surface area contributed by atoms with Crippen LogP contribution in [0.2, 0.25) is 4.34 Å². The predicted molar refractivity (Wildman–Crippen MR) is 88.0 cm³/mol. The van der Waals surface area contributed by atoms with Gasteiger partial charge in [0.1, 0.15) is 0 Å². The Labute approximate surface area is 141 Å². The fourth-order valence-corrected chi connectivity index (χ4v) is 5.21. The molecule has 0 spiro atoms. The van der Waals surface area contributed by atoms with Crippen molar-refractivity contribution >= 4 is 48.9 Å². The average Bonchev–Trinajstić information content (AvgIpc) is 2.83. The van der Waals surface area contributed by atoms with E-state index in [4.69, 9.17) is 16.7 Å². The highest BCUT2D eigenvalue weighted by molar-refractivity contribution is 9.10. The molecule has 2 rings (SSSR count). The number of sulfonamides is 1. The van der Waals surface area contributed by atoms with Crippen molar-refractivity contribution < 1.29 is 13.5 Å². The SMILES string of the molecule is CN(Cc1ccc(Cl)s1)S(=O)(=O)c1ccc(CO)cc1Br. The number of halogens is 2. The van der Waals surface area contributed by atoms with Crippen molar-refractivity contribution in [1.29, 1.82) is 0 Å². The summed E-state index contributed by atoms with van der Waals surface area (Å²) >= 11 is 10.5. The quantitative estimate of drug-likeness (QED) is 0.821. The highest BCUT2D eigenvalue weighted by Gasteiger charge is 2.24. The van der Waals surface area contributed by atoms with Crippen LogP contribution in [0.1, 0.15) is 10.4 Å². The van der Waals surface area contributed by atoms with Crippen molar-refractivity contribution in [1.82, 2.24) is 4.31 Å². The molecule has 0 atom stereocenters. The highest BCUT2D eigenvalue weighted by atomic mass is 79.9. The summed E-state index contributed by atoms with van der Waals surface area (Å²) < 4.78 is 27.5. The van der Waals surface area contributed by atoms with Gasteiger partial charge in [0.2, 0.25) is 10.0 Å². The van der Waals surface area contributed by atoms with Gasteiger partial charge in [-0.25, -0.2) is 8.42 Å². The van der Waals surface area contributed by atoms with E-state index in [-0.39, 0.29) is 18.0 Å². The minimum absolute atomic E-state index is 0.136. The first-order valence-corrected chi connectivity index (χ1v) is 9.37. The van der Waals surface area contributed by atoms with Gasteiger partial charge in [0.25, 0.3) is 0 Å². The number of hydrogen-bond acceptors (Lipinski definition) is 4. The zero-order valence-electron chi connectivity index (χ0n) is 11.1. The van der Waals surface area contributed by atoms with Crippen molar-refractivity contribution in [3.8, 4) is 0 Å². The summed E-state index contributed by atoms with van der Waals surface area (Å²) in [7, 11) is -2.09. The molecule has 0 aliphatic carbocycles. The fraction of sp³-hybridized carbons (Fsp3) is 0.231. The normalized spacial score (nSPS) is 12.0. The first-order valence-electron chi connectivity index (χ1n) is 5.94. The molecule has 2 aromatic rings. The lowest BCUT2D eigenvalue weighted by Crippen LogP contribution is -2.26. The minimum Gasteiger partial charge on any atom is -0.392 e. The van der Waals surface area contributed by atoms with E-state index in [1.54, 1.807) is 18.2 Å². The molecular weight excluding hydrogens is 398 g/mol. The van der Waals surface area contributed by atoms with Gasteiger partial charge in [-0.2, -0.15) is 4.31 Å². The summed E-state index contributed by atoms with van der Waals surface area (Å²) in [5.41, 5.74) is 0.647. The van der Waals surface area contributed by atoms with Gasteiger partial charge < -0.3 is 5.11 Å². The molecule has 114 valence electrons. The number of hydrogen-bond donors (Lipinski definition) is 1. The second-order valence-corrected chi connectivity index (χ2v) is 9.06. The van der Waals surface area contributed by atoms with E-state index < -0.39 is 10.0 Å². The molecule has 0 bridgehead atoms. The minimum atomic E-state index is -3.62. The molecule has 0 saturated carbocycles. The first kappa shape index (κ1) is 16.9. The number of thiophene rings is 1. The molecule has 4 nitrogen and oxygen atoms in total. The van der Waals surface area contributed by atoms with E-state index in [0.717, 1.165) is 4.88 Å². The van der Waals surface area contributed by atoms with Gasteiger partial charge in [0.15, 0.2) is 0 Å². The maximum atomic E-state index is 12.6. The summed E-state index contributed by atoms with van der Waals surface area (Å²) in [6.07, 6.45) is 0. The first-order chi connectivity index (χ1) is 9.84. The van der Waals surface area contributed by atoms with Crippen molar-refractivity contribution in [2.75, 3.05) is 7.05 Å². The number of nitrogens with zero attached hydrogens (tertiary/aromatic N) is 1. The summed E-state index contributed by atoms with van der Waals surface area (Å²) in [5.74, 6) is 0. The third-order valence-corrected chi connectivity index (χ3v) is 6.87. The van der Waals surface area contributed by atoms with E-state index in [0.29, 0.717) is 14.4 Å². The van der Waals surface area contributed by atoms with Crippen LogP contribution in [0.5, 0.6) is 0 Å². The Balaban J connectivity index is 2.28. The smallest absolute Gasteiger partial charge is 0.244 e. The Morgan fingerprint density at radius 3 is 2.57 bits per heavy atom. The summed E-state index contributed by atoms with van der Waals surface area (Å²) in [4.78, 5) is 1.04. The van der Waals surface area contributed by atoms with Crippen LogP contribution in [0.25, 0.3) is 0 Å². The molecule has 0 amide bonds. The Bertz CT molecular complexity index is 746. The lowest BCUT2D eigenvalue weighted by atomic mass is 10.2. The summed E-state index contributed by atoms with van der Waals surface area (Å²) in [6.45, 7) is 0.121.